The van der Waals surface area contributed by atoms with Crippen LogP contribution >= 0.6 is 0 Å². The highest BCUT2D eigenvalue weighted by molar-refractivity contribution is 5.90. The number of piperidine rings is 1. The molecule has 2 rings (SSSR count). The number of carbonyl (C=O) groups is 2. The molecule has 0 spiro atoms. The molecule has 2 heterocycles. The predicted octanol–water partition coefficient (Wildman–Crippen LogP) is 1.06. The largest absolute Gasteiger partial charge is 0.481 e. The molecule has 1 amide bonds. The predicted molar refractivity (Wildman–Crippen MR) is 83.7 cm³/mol. The summed E-state index contributed by atoms with van der Waals surface area (Å²) in [5.74, 6) is -0.436. The molecule has 1 aliphatic rings. The van der Waals surface area contributed by atoms with Gasteiger partial charge in [0.2, 0.25) is 5.91 Å². The number of nitrogens with zero attached hydrogens (tertiary/aromatic N) is 2. The van der Waals surface area contributed by atoms with Crippen LogP contribution in [0.5, 0.6) is 0 Å². The molecule has 120 valence electrons. The van der Waals surface area contributed by atoms with Gasteiger partial charge in [-0.1, -0.05) is 0 Å². The number of aliphatic carboxylic acids is 1. The van der Waals surface area contributed by atoms with Crippen LogP contribution in [-0.4, -0.2) is 41.6 Å². The van der Waals surface area contributed by atoms with Gasteiger partial charge < -0.3 is 21.1 Å². The molecule has 1 aliphatic heterocycles. The Morgan fingerprint density at radius 2 is 2.27 bits per heavy atom. The quantitative estimate of drug-likeness (QED) is 0.725. The molecule has 1 saturated heterocycles. The molecule has 7 nitrogen and oxygen atoms in total. The number of nitrogens with two attached hydrogens (primary N) is 1. The third-order valence-electron chi connectivity index (χ3n) is 3.73. The first-order valence-electron chi connectivity index (χ1n) is 7.54. The third-order valence-corrected chi connectivity index (χ3v) is 3.73. The summed E-state index contributed by atoms with van der Waals surface area (Å²) >= 11 is 0. The zero-order valence-electron chi connectivity index (χ0n) is 12.5. The average Bonchev–Trinajstić information content (AvgIpc) is 2.53. The number of carbonyl (C=O) groups excluding carboxylic acids is 1. The van der Waals surface area contributed by atoms with Crippen LogP contribution in [0, 0.1) is 5.92 Å². The Hall–Kier alpha value is -2.15. The molecule has 7 heteroatoms. The average molecular weight is 306 g/mol. The summed E-state index contributed by atoms with van der Waals surface area (Å²) < 4.78 is 0. The first kappa shape index (κ1) is 16.2. The van der Waals surface area contributed by atoms with E-state index >= 15 is 0 Å². The lowest BCUT2D eigenvalue weighted by Gasteiger charge is -2.31. The first-order chi connectivity index (χ1) is 10.6. The molecule has 1 atom stereocenters. The third kappa shape index (κ3) is 4.42. The molecule has 0 aliphatic carbocycles. The number of rotatable bonds is 6. The van der Waals surface area contributed by atoms with E-state index in [0.29, 0.717) is 38.0 Å². The Morgan fingerprint density at radius 3 is 2.91 bits per heavy atom. The number of hydrogen-bond donors (Lipinski definition) is 3. The highest BCUT2D eigenvalue weighted by atomic mass is 16.4. The van der Waals surface area contributed by atoms with Crippen LogP contribution < -0.4 is 16.0 Å². The van der Waals surface area contributed by atoms with Crippen LogP contribution in [0.1, 0.15) is 25.7 Å². The standard InChI is InChI=1S/C15H22N4O3/c16-7-1-4-14(20)18-12-5-6-13(17-9-12)19-8-2-3-11(10-19)15(21)22/h5-6,9,11H,1-4,7-8,10,16H2,(H,18,20)(H,21,22). The maximum absolute atomic E-state index is 11.6. The molecular weight excluding hydrogens is 284 g/mol. The van der Waals surface area contributed by atoms with Gasteiger partial charge in [0, 0.05) is 19.5 Å². The zero-order valence-corrected chi connectivity index (χ0v) is 12.5. The van der Waals surface area contributed by atoms with Crippen molar-refractivity contribution in [1.29, 1.82) is 0 Å². The van der Waals surface area contributed by atoms with E-state index in [1.54, 1.807) is 12.3 Å². The summed E-state index contributed by atoms with van der Waals surface area (Å²) in [6.45, 7) is 1.77. The second-order valence-electron chi connectivity index (χ2n) is 5.47. The number of amides is 1. The first-order valence-corrected chi connectivity index (χ1v) is 7.54. The van der Waals surface area contributed by atoms with Gasteiger partial charge in [-0.25, -0.2) is 4.98 Å². The minimum absolute atomic E-state index is 0.0797. The van der Waals surface area contributed by atoms with Gasteiger partial charge in [0.25, 0.3) is 0 Å². The summed E-state index contributed by atoms with van der Waals surface area (Å²) in [7, 11) is 0. The van der Waals surface area contributed by atoms with E-state index in [2.05, 4.69) is 10.3 Å². The highest BCUT2D eigenvalue weighted by Crippen LogP contribution is 2.22. The smallest absolute Gasteiger partial charge is 0.308 e. The van der Waals surface area contributed by atoms with Gasteiger partial charge in [0.1, 0.15) is 5.82 Å². The molecule has 1 fully saturated rings. The van der Waals surface area contributed by atoms with Crippen molar-refractivity contribution in [3.8, 4) is 0 Å². The molecule has 1 unspecified atom stereocenters. The van der Waals surface area contributed by atoms with Gasteiger partial charge in [-0.2, -0.15) is 0 Å². The number of hydrogen-bond acceptors (Lipinski definition) is 5. The van der Waals surface area contributed by atoms with Crippen molar-refractivity contribution in [1.82, 2.24) is 4.98 Å². The molecule has 4 N–H and O–H groups in total. The van der Waals surface area contributed by atoms with Gasteiger partial charge >= 0.3 is 5.97 Å². The molecule has 0 aromatic carbocycles. The van der Waals surface area contributed by atoms with Crippen molar-refractivity contribution in [3.05, 3.63) is 18.3 Å². The van der Waals surface area contributed by atoms with Crippen molar-refractivity contribution >= 4 is 23.4 Å². The van der Waals surface area contributed by atoms with E-state index in [4.69, 9.17) is 10.8 Å². The lowest BCUT2D eigenvalue weighted by Crippen LogP contribution is -2.39. The van der Waals surface area contributed by atoms with Gasteiger partial charge in [0.05, 0.1) is 17.8 Å². The summed E-state index contributed by atoms with van der Waals surface area (Å²) in [6.07, 6.45) is 4.20. The maximum atomic E-state index is 11.6. The fourth-order valence-electron chi connectivity index (χ4n) is 2.52. The minimum Gasteiger partial charge on any atom is -0.481 e. The van der Waals surface area contributed by atoms with Crippen LogP contribution in [0.2, 0.25) is 0 Å². The van der Waals surface area contributed by atoms with Crippen LogP contribution in [0.15, 0.2) is 18.3 Å². The van der Waals surface area contributed by atoms with E-state index in [0.717, 1.165) is 18.8 Å². The summed E-state index contributed by atoms with van der Waals surface area (Å²) in [5, 5.41) is 11.9. The lowest BCUT2D eigenvalue weighted by atomic mass is 9.98. The second-order valence-corrected chi connectivity index (χ2v) is 5.47. The van der Waals surface area contributed by atoms with Gasteiger partial charge in [-0.3, -0.25) is 9.59 Å². The monoisotopic (exact) mass is 306 g/mol. The molecule has 0 saturated carbocycles. The van der Waals surface area contributed by atoms with E-state index in [1.807, 2.05) is 11.0 Å². The number of nitrogens with one attached hydrogen (secondary N) is 1. The Kier molecular flexibility index (Phi) is 5.71. The van der Waals surface area contributed by atoms with Crippen molar-refractivity contribution < 1.29 is 14.7 Å². The van der Waals surface area contributed by atoms with Crippen molar-refractivity contribution in [3.63, 3.8) is 0 Å². The van der Waals surface area contributed by atoms with E-state index in [1.165, 1.54) is 0 Å². The minimum atomic E-state index is -0.756. The number of carboxylic acid groups (broad SMARTS) is 1. The lowest BCUT2D eigenvalue weighted by molar-refractivity contribution is -0.142. The number of carboxylic acids is 1. The molecular formula is C15H22N4O3. The normalized spacial score (nSPS) is 18.0. The summed E-state index contributed by atoms with van der Waals surface area (Å²) in [4.78, 5) is 29.0. The van der Waals surface area contributed by atoms with E-state index < -0.39 is 5.97 Å². The number of aromatic nitrogens is 1. The number of anilines is 2. The van der Waals surface area contributed by atoms with E-state index in [-0.39, 0.29) is 11.8 Å². The van der Waals surface area contributed by atoms with Crippen LogP contribution in [-0.2, 0) is 9.59 Å². The Bertz CT molecular complexity index is 518. The van der Waals surface area contributed by atoms with Crippen LogP contribution in [0.25, 0.3) is 0 Å². The van der Waals surface area contributed by atoms with Crippen LogP contribution in [0.4, 0.5) is 11.5 Å². The van der Waals surface area contributed by atoms with Crippen molar-refractivity contribution in [2.45, 2.75) is 25.7 Å². The Morgan fingerprint density at radius 1 is 1.45 bits per heavy atom. The number of pyridine rings is 1. The molecule has 1 aromatic rings. The fraction of sp³-hybridized carbons (Fsp3) is 0.533. The molecule has 0 bridgehead atoms. The molecule has 1 aromatic heterocycles. The summed E-state index contributed by atoms with van der Waals surface area (Å²) in [5.41, 5.74) is 6.00. The van der Waals surface area contributed by atoms with Crippen LogP contribution in [0.3, 0.4) is 0 Å². The molecule has 22 heavy (non-hydrogen) atoms. The summed E-state index contributed by atoms with van der Waals surface area (Å²) in [6, 6.07) is 3.59. The Labute approximate surface area is 129 Å². The Balaban J connectivity index is 1.93. The van der Waals surface area contributed by atoms with Gasteiger partial charge in [0.15, 0.2) is 0 Å². The van der Waals surface area contributed by atoms with Gasteiger partial charge in [-0.05, 0) is 37.9 Å². The topological polar surface area (TPSA) is 109 Å². The van der Waals surface area contributed by atoms with Crippen molar-refractivity contribution in [2.75, 3.05) is 29.9 Å². The van der Waals surface area contributed by atoms with Gasteiger partial charge in [-0.15, -0.1) is 0 Å². The maximum Gasteiger partial charge on any atom is 0.308 e. The molecule has 0 radical (unpaired) electrons. The zero-order chi connectivity index (χ0) is 15.9. The SMILES string of the molecule is NCCCC(=O)Nc1ccc(N2CCCC(C(=O)O)C2)nc1. The fourth-order valence-corrected chi connectivity index (χ4v) is 2.52. The second kappa shape index (κ2) is 7.74. The van der Waals surface area contributed by atoms with Crippen molar-refractivity contribution in [2.24, 2.45) is 11.7 Å². The van der Waals surface area contributed by atoms with E-state index in [9.17, 15) is 9.59 Å². The highest BCUT2D eigenvalue weighted by Gasteiger charge is 2.25.